The Balaban J connectivity index is 2.20. The molecule has 0 fully saturated rings. The molecule has 4 heteroatoms. The van der Waals surface area contributed by atoms with E-state index in [0.29, 0.717) is 18.6 Å². The maximum atomic E-state index is 12.8. The molecule has 2 aromatic carbocycles. The lowest BCUT2D eigenvalue weighted by Crippen LogP contribution is -2.41. The van der Waals surface area contributed by atoms with Crippen LogP contribution in [0.1, 0.15) is 56.8 Å². The third-order valence-electron chi connectivity index (χ3n) is 4.99. The number of carbonyl (C=O) groups excluding carboxylic acids is 2. The van der Waals surface area contributed by atoms with Crippen molar-refractivity contribution in [3.63, 3.8) is 0 Å². The van der Waals surface area contributed by atoms with Crippen LogP contribution in [-0.4, -0.2) is 16.8 Å². The predicted molar refractivity (Wildman–Crippen MR) is 105 cm³/mol. The average Bonchev–Trinajstić information content (AvgIpc) is 2.67. The van der Waals surface area contributed by atoms with Crippen molar-refractivity contribution in [3.05, 3.63) is 83.1 Å². The van der Waals surface area contributed by atoms with E-state index >= 15 is 0 Å². The van der Waals surface area contributed by atoms with E-state index in [9.17, 15) is 9.59 Å². The number of hydrogen-bond donors (Lipinski definition) is 0. The number of carbonyl (C=O) groups is 2. The summed E-state index contributed by atoms with van der Waals surface area (Å²) >= 11 is 0. The van der Waals surface area contributed by atoms with Crippen LogP contribution < -0.4 is 0 Å². The fourth-order valence-corrected chi connectivity index (χ4v) is 3.93. The molecule has 4 nitrogen and oxygen atoms in total. The third-order valence-corrected chi connectivity index (χ3v) is 4.99. The number of benzene rings is 2. The van der Waals surface area contributed by atoms with Crippen LogP contribution in [0.3, 0.4) is 0 Å². The van der Waals surface area contributed by atoms with Gasteiger partial charge in [-0.15, -0.1) is 0 Å². The minimum Gasteiger partial charge on any atom is -0.431 e. The molecule has 1 aliphatic rings. The van der Waals surface area contributed by atoms with Crippen LogP contribution in [0.5, 0.6) is 0 Å². The quantitative estimate of drug-likeness (QED) is 0.722. The SMILES string of the molecule is CCC1=C(OC(C)=O)CC(c2ccccc2)N(C(C)=O)C1c1ccccc1. The molecule has 0 radical (unpaired) electrons. The Kier molecular flexibility index (Phi) is 5.75. The van der Waals surface area contributed by atoms with Crippen molar-refractivity contribution in [1.29, 1.82) is 0 Å². The molecule has 140 valence electrons. The lowest BCUT2D eigenvalue weighted by atomic mass is 9.84. The van der Waals surface area contributed by atoms with Crippen molar-refractivity contribution in [2.24, 2.45) is 0 Å². The molecule has 1 heterocycles. The molecule has 2 atom stereocenters. The molecule has 0 spiro atoms. The van der Waals surface area contributed by atoms with Crippen molar-refractivity contribution in [2.45, 2.75) is 45.7 Å². The number of esters is 1. The summed E-state index contributed by atoms with van der Waals surface area (Å²) in [5.74, 6) is 0.363. The normalized spacial score (nSPS) is 19.7. The predicted octanol–water partition coefficient (Wildman–Crippen LogP) is 4.95. The summed E-state index contributed by atoms with van der Waals surface area (Å²) in [5, 5.41) is 0. The van der Waals surface area contributed by atoms with Crippen molar-refractivity contribution >= 4 is 11.9 Å². The van der Waals surface area contributed by atoms with Gasteiger partial charge >= 0.3 is 5.97 Å². The molecule has 1 aliphatic heterocycles. The Morgan fingerprint density at radius 2 is 1.52 bits per heavy atom. The lowest BCUT2D eigenvalue weighted by Gasteiger charge is -2.44. The second-order valence-corrected chi connectivity index (χ2v) is 6.77. The molecule has 0 saturated heterocycles. The van der Waals surface area contributed by atoms with Gasteiger partial charge in [0.15, 0.2) is 0 Å². The van der Waals surface area contributed by atoms with Crippen molar-refractivity contribution in [2.75, 3.05) is 0 Å². The first-order chi connectivity index (χ1) is 13.0. The van der Waals surface area contributed by atoms with E-state index in [1.54, 1.807) is 6.92 Å². The van der Waals surface area contributed by atoms with Gasteiger partial charge in [0.2, 0.25) is 5.91 Å². The van der Waals surface area contributed by atoms with Crippen molar-refractivity contribution in [3.8, 4) is 0 Å². The first kappa shape index (κ1) is 18.9. The molecule has 27 heavy (non-hydrogen) atoms. The Morgan fingerprint density at radius 1 is 0.963 bits per heavy atom. The highest BCUT2D eigenvalue weighted by atomic mass is 16.5. The molecule has 0 aliphatic carbocycles. The van der Waals surface area contributed by atoms with E-state index in [1.807, 2.05) is 72.5 Å². The van der Waals surface area contributed by atoms with Gasteiger partial charge in [0.05, 0.1) is 12.1 Å². The van der Waals surface area contributed by atoms with Gasteiger partial charge in [-0.25, -0.2) is 0 Å². The summed E-state index contributed by atoms with van der Waals surface area (Å²) < 4.78 is 5.63. The van der Waals surface area contributed by atoms with Crippen LogP contribution in [0.15, 0.2) is 72.0 Å². The van der Waals surface area contributed by atoms with Crippen LogP contribution in [0.25, 0.3) is 0 Å². The maximum absolute atomic E-state index is 12.8. The van der Waals surface area contributed by atoms with E-state index in [-0.39, 0.29) is 24.0 Å². The van der Waals surface area contributed by atoms with Crippen LogP contribution in [0.4, 0.5) is 0 Å². The van der Waals surface area contributed by atoms with E-state index in [0.717, 1.165) is 16.7 Å². The number of amides is 1. The highest BCUT2D eigenvalue weighted by Gasteiger charge is 2.39. The van der Waals surface area contributed by atoms with Gasteiger partial charge in [0.25, 0.3) is 0 Å². The maximum Gasteiger partial charge on any atom is 0.307 e. The average molecular weight is 363 g/mol. The Bertz CT molecular complexity index is 842. The van der Waals surface area contributed by atoms with Crippen molar-refractivity contribution in [1.82, 2.24) is 4.90 Å². The summed E-state index contributed by atoms with van der Waals surface area (Å²) in [6.07, 6.45) is 1.20. The van der Waals surface area contributed by atoms with E-state index in [4.69, 9.17) is 4.74 Å². The van der Waals surface area contributed by atoms with Crippen molar-refractivity contribution < 1.29 is 14.3 Å². The van der Waals surface area contributed by atoms with Gasteiger partial charge in [-0.3, -0.25) is 9.59 Å². The van der Waals surface area contributed by atoms with Crippen LogP contribution in [-0.2, 0) is 14.3 Å². The fourth-order valence-electron chi connectivity index (χ4n) is 3.93. The second kappa shape index (κ2) is 8.21. The largest absolute Gasteiger partial charge is 0.431 e. The van der Waals surface area contributed by atoms with Gasteiger partial charge in [-0.1, -0.05) is 67.6 Å². The smallest absolute Gasteiger partial charge is 0.307 e. The zero-order valence-electron chi connectivity index (χ0n) is 16.0. The number of ether oxygens (including phenoxy) is 1. The van der Waals surface area contributed by atoms with Gasteiger partial charge in [-0.2, -0.15) is 0 Å². The van der Waals surface area contributed by atoms with Crippen LogP contribution >= 0.6 is 0 Å². The van der Waals surface area contributed by atoms with Crippen LogP contribution in [0, 0.1) is 0 Å². The second-order valence-electron chi connectivity index (χ2n) is 6.77. The Morgan fingerprint density at radius 3 is 2.00 bits per heavy atom. The zero-order chi connectivity index (χ0) is 19.4. The summed E-state index contributed by atoms with van der Waals surface area (Å²) in [4.78, 5) is 26.4. The molecule has 2 aromatic rings. The lowest BCUT2D eigenvalue weighted by molar-refractivity contribution is -0.139. The number of nitrogens with zero attached hydrogens (tertiary/aromatic N) is 1. The summed E-state index contributed by atoms with van der Waals surface area (Å²) in [6, 6.07) is 19.4. The number of hydrogen-bond acceptors (Lipinski definition) is 3. The minimum atomic E-state index is -0.328. The molecule has 3 rings (SSSR count). The molecule has 0 saturated carbocycles. The van der Waals surface area contributed by atoms with Crippen LogP contribution in [0.2, 0.25) is 0 Å². The highest BCUT2D eigenvalue weighted by Crippen LogP contribution is 2.46. The molecular formula is C23H25NO3. The summed E-state index contributed by atoms with van der Waals surface area (Å²) in [6.45, 7) is 5.07. The Hall–Kier alpha value is -2.88. The molecule has 0 aromatic heterocycles. The van der Waals surface area contributed by atoms with E-state index < -0.39 is 0 Å². The summed E-state index contributed by atoms with van der Waals surface area (Å²) in [5.41, 5.74) is 3.04. The first-order valence-corrected chi connectivity index (χ1v) is 9.32. The van der Waals surface area contributed by atoms with Gasteiger partial charge in [0.1, 0.15) is 5.76 Å². The standard InChI is InChI=1S/C23H25NO3/c1-4-20-22(27-17(3)26)15-21(18-11-7-5-8-12-18)24(16(2)25)23(20)19-13-9-6-10-14-19/h5-14,21,23H,4,15H2,1-3H3. The molecule has 0 N–H and O–H groups in total. The molecule has 0 bridgehead atoms. The first-order valence-electron chi connectivity index (χ1n) is 9.32. The van der Waals surface area contributed by atoms with Gasteiger partial charge in [0, 0.05) is 20.3 Å². The fraction of sp³-hybridized carbons (Fsp3) is 0.304. The Labute approximate surface area is 160 Å². The number of rotatable bonds is 4. The third kappa shape index (κ3) is 3.95. The zero-order valence-corrected chi connectivity index (χ0v) is 16.0. The van der Waals surface area contributed by atoms with Gasteiger partial charge < -0.3 is 9.64 Å². The highest BCUT2D eigenvalue weighted by molar-refractivity contribution is 5.76. The molecule has 2 unspecified atom stereocenters. The van der Waals surface area contributed by atoms with Gasteiger partial charge in [-0.05, 0) is 23.1 Å². The van der Waals surface area contributed by atoms with E-state index in [1.165, 1.54) is 6.92 Å². The monoisotopic (exact) mass is 363 g/mol. The topological polar surface area (TPSA) is 46.6 Å². The van der Waals surface area contributed by atoms with E-state index in [2.05, 4.69) is 0 Å². The summed E-state index contributed by atoms with van der Waals surface area (Å²) in [7, 11) is 0. The minimum absolute atomic E-state index is 0.00512. The molecule has 1 amide bonds. The molecular weight excluding hydrogens is 338 g/mol.